The SMILES string of the molecule is Cc1ccc(N(c2ccc(C)cc2)c2ccc(-c3ccc(N(c4ccc(C)cc4)c4ccc5ccc6cccc7ccc4c5c67)c(C)c3)cc2C)cc1. The summed E-state index contributed by atoms with van der Waals surface area (Å²) in [5, 5.41) is 7.75. The van der Waals surface area contributed by atoms with Gasteiger partial charge in [-0.1, -0.05) is 114 Å². The molecule has 0 saturated carbocycles. The first-order valence-electron chi connectivity index (χ1n) is 18.5. The summed E-state index contributed by atoms with van der Waals surface area (Å²) in [6, 6.07) is 60.6. The minimum absolute atomic E-state index is 1.15. The Kier molecular flexibility index (Phi) is 7.97. The van der Waals surface area contributed by atoms with Gasteiger partial charge in [0.1, 0.15) is 0 Å². The summed E-state index contributed by atoms with van der Waals surface area (Å²) < 4.78 is 0. The Morgan fingerprint density at radius 2 is 0.717 bits per heavy atom. The van der Waals surface area contributed by atoms with E-state index in [4.69, 9.17) is 0 Å². The molecule has 0 aromatic heterocycles. The number of nitrogens with zero attached hydrogens (tertiary/aromatic N) is 2. The van der Waals surface area contributed by atoms with Crippen LogP contribution in [0.15, 0.2) is 164 Å². The molecule has 0 aliphatic heterocycles. The van der Waals surface area contributed by atoms with Crippen molar-refractivity contribution in [3.8, 4) is 11.1 Å². The molecule has 0 aliphatic carbocycles. The van der Waals surface area contributed by atoms with E-state index in [1.54, 1.807) is 0 Å². The largest absolute Gasteiger partial charge is 0.310 e. The quantitative estimate of drug-likeness (QED) is 0.154. The third-order valence-corrected chi connectivity index (χ3v) is 10.8. The van der Waals surface area contributed by atoms with Gasteiger partial charge in [-0.3, -0.25) is 0 Å². The fraction of sp³-hybridized carbons (Fsp3) is 0.0980. The van der Waals surface area contributed by atoms with Crippen LogP contribution < -0.4 is 9.80 Å². The van der Waals surface area contributed by atoms with Crippen molar-refractivity contribution in [2.75, 3.05) is 9.80 Å². The molecule has 9 aromatic carbocycles. The van der Waals surface area contributed by atoms with Crippen LogP contribution in [-0.2, 0) is 0 Å². The highest BCUT2D eigenvalue weighted by Crippen LogP contribution is 2.45. The van der Waals surface area contributed by atoms with Crippen LogP contribution in [0.3, 0.4) is 0 Å². The third kappa shape index (κ3) is 5.77. The molecule has 0 atom stereocenters. The van der Waals surface area contributed by atoms with E-state index in [0.717, 1.165) is 17.1 Å². The second-order valence-electron chi connectivity index (χ2n) is 14.6. The van der Waals surface area contributed by atoms with Crippen molar-refractivity contribution in [3.63, 3.8) is 0 Å². The summed E-state index contributed by atoms with van der Waals surface area (Å²) in [7, 11) is 0. The van der Waals surface area contributed by atoms with Crippen molar-refractivity contribution < 1.29 is 0 Å². The zero-order valence-corrected chi connectivity index (χ0v) is 31.0. The lowest BCUT2D eigenvalue weighted by atomic mass is 9.92. The van der Waals surface area contributed by atoms with E-state index in [-0.39, 0.29) is 0 Å². The maximum atomic E-state index is 2.44. The molecule has 0 fully saturated rings. The highest BCUT2D eigenvalue weighted by Gasteiger charge is 2.21. The Hall–Kier alpha value is -6.38. The molecule has 0 N–H and O–H groups in total. The van der Waals surface area contributed by atoms with Crippen molar-refractivity contribution >= 4 is 66.4 Å². The maximum absolute atomic E-state index is 2.44. The van der Waals surface area contributed by atoms with Crippen molar-refractivity contribution in [2.45, 2.75) is 34.6 Å². The van der Waals surface area contributed by atoms with E-state index in [9.17, 15) is 0 Å². The van der Waals surface area contributed by atoms with Crippen molar-refractivity contribution in [1.82, 2.24) is 0 Å². The molecule has 0 heterocycles. The Labute approximate surface area is 312 Å². The first-order valence-corrected chi connectivity index (χ1v) is 18.5. The zero-order chi connectivity index (χ0) is 36.2. The van der Waals surface area contributed by atoms with Gasteiger partial charge in [0, 0.05) is 33.8 Å². The standard InChI is InChI=1S/C51H42N2/c1-33-9-21-43(22-10-33)52(44-23-11-34(2)12-24-44)47-28-19-41(31-36(47)4)42-20-29-48(37(5)32-42)53(45-25-13-35(3)14-26-45)49-30-18-40-16-15-38-7-6-8-39-17-27-46(49)51(40)50(38)39/h6-32H,1-5H3. The summed E-state index contributed by atoms with van der Waals surface area (Å²) in [4.78, 5) is 4.81. The van der Waals surface area contributed by atoms with Gasteiger partial charge in [0.25, 0.3) is 0 Å². The Morgan fingerprint density at radius 1 is 0.321 bits per heavy atom. The molecule has 2 nitrogen and oxygen atoms in total. The molecule has 0 amide bonds. The lowest BCUT2D eigenvalue weighted by Crippen LogP contribution is -2.12. The molecule has 0 spiro atoms. The molecule has 0 unspecified atom stereocenters. The lowest BCUT2D eigenvalue weighted by Gasteiger charge is -2.29. The average Bonchev–Trinajstić information content (AvgIpc) is 3.18. The van der Waals surface area contributed by atoms with Gasteiger partial charge < -0.3 is 9.80 Å². The smallest absolute Gasteiger partial charge is 0.0540 e. The molecule has 0 aliphatic rings. The summed E-state index contributed by atoms with van der Waals surface area (Å²) >= 11 is 0. The molecular formula is C51H42N2. The van der Waals surface area contributed by atoms with E-state index in [2.05, 4.69) is 208 Å². The Bertz CT molecular complexity index is 2700. The monoisotopic (exact) mass is 682 g/mol. The third-order valence-electron chi connectivity index (χ3n) is 10.8. The molecule has 9 aromatic rings. The van der Waals surface area contributed by atoms with E-state index in [1.165, 1.54) is 88.3 Å². The van der Waals surface area contributed by atoms with Crippen molar-refractivity contribution in [1.29, 1.82) is 0 Å². The molecule has 0 radical (unpaired) electrons. The summed E-state index contributed by atoms with van der Waals surface area (Å²) in [5.41, 5.74) is 15.6. The van der Waals surface area contributed by atoms with Gasteiger partial charge in [-0.05, 0) is 151 Å². The lowest BCUT2D eigenvalue weighted by molar-refractivity contribution is 1.24. The minimum Gasteiger partial charge on any atom is -0.310 e. The highest BCUT2D eigenvalue weighted by atomic mass is 15.1. The van der Waals surface area contributed by atoms with Gasteiger partial charge in [-0.2, -0.15) is 0 Å². The molecule has 9 rings (SSSR count). The maximum Gasteiger partial charge on any atom is 0.0540 e. The average molecular weight is 683 g/mol. The second kappa shape index (κ2) is 13.0. The Morgan fingerprint density at radius 3 is 1.21 bits per heavy atom. The summed E-state index contributed by atoms with van der Waals surface area (Å²) in [6.45, 7) is 10.9. The van der Waals surface area contributed by atoms with Crippen molar-refractivity contribution in [2.24, 2.45) is 0 Å². The van der Waals surface area contributed by atoms with E-state index in [1.807, 2.05) is 0 Å². The summed E-state index contributed by atoms with van der Waals surface area (Å²) in [5.74, 6) is 0. The molecular weight excluding hydrogens is 641 g/mol. The van der Waals surface area contributed by atoms with Gasteiger partial charge in [-0.25, -0.2) is 0 Å². The van der Waals surface area contributed by atoms with Crippen molar-refractivity contribution in [3.05, 3.63) is 192 Å². The predicted octanol–water partition coefficient (Wildman–Crippen LogP) is 14.7. The molecule has 256 valence electrons. The number of rotatable bonds is 7. The number of benzene rings is 9. The highest BCUT2D eigenvalue weighted by molar-refractivity contribution is 6.25. The van der Waals surface area contributed by atoms with Gasteiger partial charge in [0.05, 0.1) is 5.69 Å². The first kappa shape index (κ1) is 32.5. The number of hydrogen-bond acceptors (Lipinski definition) is 2. The van der Waals surface area contributed by atoms with E-state index >= 15 is 0 Å². The van der Waals surface area contributed by atoms with Crippen LogP contribution in [-0.4, -0.2) is 0 Å². The summed E-state index contributed by atoms with van der Waals surface area (Å²) in [6.07, 6.45) is 0. The molecule has 53 heavy (non-hydrogen) atoms. The zero-order valence-electron chi connectivity index (χ0n) is 31.0. The van der Waals surface area contributed by atoms with Crippen LogP contribution in [0.4, 0.5) is 34.1 Å². The van der Waals surface area contributed by atoms with Crippen LogP contribution >= 0.6 is 0 Å². The normalized spacial score (nSPS) is 11.5. The molecule has 2 heteroatoms. The first-order chi connectivity index (χ1) is 25.8. The fourth-order valence-corrected chi connectivity index (χ4v) is 8.00. The fourth-order valence-electron chi connectivity index (χ4n) is 8.00. The van der Waals surface area contributed by atoms with Crippen LogP contribution in [0.1, 0.15) is 27.8 Å². The van der Waals surface area contributed by atoms with Gasteiger partial charge in [0.15, 0.2) is 0 Å². The van der Waals surface area contributed by atoms with Crippen LogP contribution in [0, 0.1) is 34.6 Å². The van der Waals surface area contributed by atoms with Crippen LogP contribution in [0.5, 0.6) is 0 Å². The van der Waals surface area contributed by atoms with E-state index < -0.39 is 0 Å². The number of aryl methyl sites for hydroxylation is 5. The van der Waals surface area contributed by atoms with Gasteiger partial charge in [-0.15, -0.1) is 0 Å². The molecule has 0 bridgehead atoms. The number of hydrogen-bond donors (Lipinski definition) is 0. The predicted molar refractivity (Wildman–Crippen MR) is 229 cm³/mol. The second-order valence-corrected chi connectivity index (χ2v) is 14.6. The van der Waals surface area contributed by atoms with Gasteiger partial charge >= 0.3 is 0 Å². The number of anilines is 6. The topological polar surface area (TPSA) is 6.48 Å². The van der Waals surface area contributed by atoms with Gasteiger partial charge in [0.2, 0.25) is 0 Å². The van der Waals surface area contributed by atoms with Crippen LogP contribution in [0.25, 0.3) is 43.4 Å². The minimum atomic E-state index is 1.15. The molecule has 0 saturated heterocycles. The van der Waals surface area contributed by atoms with E-state index in [0.29, 0.717) is 0 Å². The Balaban J connectivity index is 1.14. The van der Waals surface area contributed by atoms with Crippen LogP contribution in [0.2, 0.25) is 0 Å².